The van der Waals surface area contributed by atoms with E-state index >= 15 is 0 Å². The Kier molecular flexibility index (Phi) is 3.37. The Bertz CT molecular complexity index is 868. The summed E-state index contributed by atoms with van der Waals surface area (Å²) in [5.74, 6) is -0.820. The number of hydrogen-bond acceptors (Lipinski definition) is 3. The lowest BCUT2D eigenvalue weighted by atomic mass is 9.83. The van der Waals surface area contributed by atoms with Gasteiger partial charge in [-0.1, -0.05) is 41.4 Å². The standard InChI is InChI=1S/C18H13Cl2NO3/c1-18-13(8-10-7-11(19)9-14(20)15(10)24-18)16(22)21(17(18)23)12-5-3-2-4-6-12/h2-7,9,13H,8H2,1H3/t13-,18-/m1/s1. The minimum atomic E-state index is -1.27. The summed E-state index contributed by atoms with van der Waals surface area (Å²) in [4.78, 5) is 27.1. The van der Waals surface area contributed by atoms with E-state index in [2.05, 4.69) is 0 Å². The number of benzene rings is 2. The van der Waals surface area contributed by atoms with Gasteiger partial charge in [0.05, 0.1) is 16.6 Å². The van der Waals surface area contributed by atoms with E-state index in [1.165, 1.54) is 4.90 Å². The van der Waals surface area contributed by atoms with Gasteiger partial charge in [-0.05, 0) is 43.2 Å². The predicted molar refractivity (Wildman–Crippen MR) is 91.6 cm³/mol. The zero-order valence-electron chi connectivity index (χ0n) is 12.8. The first kappa shape index (κ1) is 15.5. The summed E-state index contributed by atoms with van der Waals surface area (Å²) in [6.45, 7) is 1.65. The summed E-state index contributed by atoms with van der Waals surface area (Å²) in [5.41, 5.74) is 0.0168. The van der Waals surface area contributed by atoms with Crippen molar-refractivity contribution < 1.29 is 14.3 Å². The normalized spacial score (nSPS) is 25.3. The molecule has 2 aromatic carbocycles. The smallest absolute Gasteiger partial charge is 0.278 e. The Morgan fingerprint density at radius 2 is 1.88 bits per heavy atom. The lowest BCUT2D eigenvalue weighted by Crippen LogP contribution is -2.48. The summed E-state index contributed by atoms with van der Waals surface area (Å²) >= 11 is 12.3. The van der Waals surface area contributed by atoms with Gasteiger partial charge in [0.25, 0.3) is 5.91 Å². The van der Waals surface area contributed by atoms with Crippen LogP contribution in [-0.2, 0) is 16.0 Å². The van der Waals surface area contributed by atoms with E-state index < -0.39 is 11.5 Å². The van der Waals surface area contributed by atoms with Crippen LogP contribution in [0.1, 0.15) is 12.5 Å². The van der Waals surface area contributed by atoms with Crippen molar-refractivity contribution >= 4 is 40.7 Å². The highest BCUT2D eigenvalue weighted by atomic mass is 35.5. The van der Waals surface area contributed by atoms with Crippen LogP contribution in [0.15, 0.2) is 42.5 Å². The molecule has 2 amide bonds. The number of fused-ring (bicyclic) bond motifs is 2. The highest BCUT2D eigenvalue weighted by Gasteiger charge is 2.61. The van der Waals surface area contributed by atoms with Gasteiger partial charge < -0.3 is 4.74 Å². The van der Waals surface area contributed by atoms with Crippen molar-refractivity contribution in [1.82, 2.24) is 0 Å². The van der Waals surface area contributed by atoms with Gasteiger partial charge >= 0.3 is 0 Å². The van der Waals surface area contributed by atoms with Crippen LogP contribution in [0.4, 0.5) is 5.69 Å². The molecule has 0 aromatic heterocycles. The van der Waals surface area contributed by atoms with Crippen molar-refractivity contribution in [3.63, 3.8) is 0 Å². The number of para-hydroxylation sites is 1. The van der Waals surface area contributed by atoms with Crippen LogP contribution in [0.5, 0.6) is 5.75 Å². The molecule has 122 valence electrons. The molecule has 4 rings (SSSR count). The number of hydrogen-bond donors (Lipinski definition) is 0. The Labute approximate surface area is 148 Å². The molecule has 2 heterocycles. The molecule has 1 saturated heterocycles. The van der Waals surface area contributed by atoms with Crippen LogP contribution in [0.3, 0.4) is 0 Å². The van der Waals surface area contributed by atoms with Crippen molar-refractivity contribution in [1.29, 1.82) is 0 Å². The Hall–Kier alpha value is -2.04. The maximum absolute atomic E-state index is 13.0. The molecule has 0 unspecified atom stereocenters. The number of carbonyl (C=O) groups is 2. The van der Waals surface area contributed by atoms with E-state index in [0.29, 0.717) is 27.9 Å². The molecule has 4 nitrogen and oxygen atoms in total. The molecule has 0 spiro atoms. The molecule has 1 fully saturated rings. The molecule has 0 N–H and O–H groups in total. The highest BCUT2D eigenvalue weighted by Crippen LogP contribution is 2.47. The number of nitrogens with zero attached hydrogens (tertiary/aromatic N) is 1. The molecular weight excluding hydrogens is 349 g/mol. The molecule has 0 bridgehead atoms. The molecule has 0 aliphatic carbocycles. The second-order valence-electron chi connectivity index (χ2n) is 6.16. The van der Waals surface area contributed by atoms with Crippen LogP contribution in [0, 0.1) is 5.92 Å². The minimum Gasteiger partial charge on any atom is -0.475 e. The van der Waals surface area contributed by atoms with E-state index in [1.54, 1.807) is 43.3 Å². The molecule has 0 saturated carbocycles. The largest absolute Gasteiger partial charge is 0.475 e. The van der Waals surface area contributed by atoms with E-state index in [4.69, 9.17) is 27.9 Å². The Morgan fingerprint density at radius 3 is 2.58 bits per heavy atom. The lowest BCUT2D eigenvalue weighted by Gasteiger charge is -2.34. The van der Waals surface area contributed by atoms with Gasteiger partial charge in [-0.25, -0.2) is 4.90 Å². The SMILES string of the molecule is C[C@@]12Oc3c(Cl)cc(Cl)cc3C[C@@H]1C(=O)N(c1ccccc1)C2=O. The highest BCUT2D eigenvalue weighted by molar-refractivity contribution is 6.36. The second kappa shape index (κ2) is 5.23. The van der Waals surface area contributed by atoms with Crippen LogP contribution < -0.4 is 9.64 Å². The van der Waals surface area contributed by atoms with Crippen LogP contribution in [0.25, 0.3) is 0 Å². The van der Waals surface area contributed by atoms with Gasteiger partial charge in [0.1, 0.15) is 5.75 Å². The van der Waals surface area contributed by atoms with E-state index in [9.17, 15) is 9.59 Å². The predicted octanol–water partition coefficient (Wildman–Crippen LogP) is 3.88. The Balaban J connectivity index is 1.81. The summed E-state index contributed by atoms with van der Waals surface area (Å²) in [6.07, 6.45) is 0.361. The summed E-state index contributed by atoms with van der Waals surface area (Å²) in [5, 5.41) is 0.818. The van der Waals surface area contributed by atoms with Crippen molar-refractivity contribution in [3.05, 3.63) is 58.1 Å². The summed E-state index contributed by atoms with van der Waals surface area (Å²) in [6, 6.07) is 12.2. The van der Waals surface area contributed by atoms with Gasteiger partial charge in [0.15, 0.2) is 5.60 Å². The van der Waals surface area contributed by atoms with Gasteiger partial charge in [-0.15, -0.1) is 0 Å². The number of amides is 2. The quantitative estimate of drug-likeness (QED) is 0.724. The van der Waals surface area contributed by atoms with Crippen molar-refractivity contribution in [2.75, 3.05) is 4.90 Å². The van der Waals surface area contributed by atoms with Gasteiger partial charge in [0.2, 0.25) is 5.91 Å². The first-order chi connectivity index (χ1) is 11.4. The lowest BCUT2D eigenvalue weighted by molar-refractivity contribution is -0.133. The third-order valence-electron chi connectivity index (χ3n) is 4.65. The van der Waals surface area contributed by atoms with E-state index in [1.807, 2.05) is 6.07 Å². The minimum absolute atomic E-state index is 0.268. The molecular formula is C18H13Cl2NO3. The number of ether oxygens (including phenoxy) is 1. The van der Waals surface area contributed by atoms with E-state index in [0.717, 1.165) is 5.56 Å². The monoisotopic (exact) mass is 361 g/mol. The first-order valence-corrected chi connectivity index (χ1v) is 8.28. The average Bonchev–Trinajstić information content (AvgIpc) is 2.74. The fourth-order valence-electron chi connectivity index (χ4n) is 3.39. The fourth-order valence-corrected chi connectivity index (χ4v) is 3.97. The molecule has 2 aromatic rings. The average molecular weight is 362 g/mol. The molecule has 0 radical (unpaired) electrons. The first-order valence-electron chi connectivity index (χ1n) is 7.52. The zero-order chi connectivity index (χ0) is 17.1. The summed E-state index contributed by atoms with van der Waals surface area (Å²) in [7, 11) is 0. The van der Waals surface area contributed by atoms with Crippen LogP contribution >= 0.6 is 23.2 Å². The van der Waals surface area contributed by atoms with Crippen molar-refractivity contribution in [2.45, 2.75) is 18.9 Å². The third kappa shape index (κ3) is 2.06. The second-order valence-corrected chi connectivity index (χ2v) is 7.00. The number of carbonyl (C=O) groups excluding carboxylic acids is 2. The maximum atomic E-state index is 13.0. The molecule has 6 heteroatoms. The molecule has 2 aliphatic rings. The van der Waals surface area contributed by atoms with Crippen molar-refractivity contribution in [3.8, 4) is 5.75 Å². The van der Waals surface area contributed by atoms with Crippen LogP contribution in [-0.4, -0.2) is 17.4 Å². The number of anilines is 1. The number of rotatable bonds is 1. The van der Waals surface area contributed by atoms with Gasteiger partial charge in [-0.3, -0.25) is 9.59 Å². The van der Waals surface area contributed by atoms with Gasteiger partial charge in [-0.2, -0.15) is 0 Å². The molecule has 2 atom stereocenters. The number of halogens is 2. The molecule has 2 aliphatic heterocycles. The third-order valence-corrected chi connectivity index (χ3v) is 5.15. The fraction of sp³-hybridized carbons (Fsp3) is 0.222. The van der Waals surface area contributed by atoms with Crippen LogP contribution in [0.2, 0.25) is 10.0 Å². The topological polar surface area (TPSA) is 46.6 Å². The maximum Gasteiger partial charge on any atom is 0.278 e. The zero-order valence-corrected chi connectivity index (χ0v) is 14.3. The molecule has 24 heavy (non-hydrogen) atoms. The van der Waals surface area contributed by atoms with Gasteiger partial charge in [0, 0.05) is 5.02 Å². The Morgan fingerprint density at radius 1 is 1.17 bits per heavy atom. The van der Waals surface area contributed by atoms with E-state index in [-0.39, 0.29) is 11.8 Å². The summed E-state index contributed by atoms with van der Waals surface area (Å²) < 4.78 is 5.96. The van der Waals surface area contributed by atoms with Crippen molar-refractivity contribution in [2.24, 2.45) is 5.92 Å². The number of imide groups is 1.